The number of amides is 1. The predicted octanol–water partition coefficient (Wildman–Crippen LogP) is 0.573. The molecule has 17 heavy (non-hydrogen) atoms. The van der Waals surface area contributed by atoms with Crippen molar-refractivity contribution in [3.63, 3.8) is 0 Å². The molecule has 1 amide bonds. The van der Waals surface area contributed by atoms with Crippen LogP contribution in [0.2, 0.25) is 0 Å². The maximum atomic E-state index is 11.2. The summed E-state index contributed by atoms with van der Waals surface area (Å²) < 4.78 is 10.6. The Bertz CT molecular complexity index is 354. The fourth-order valence-corrected chi connectivity index (χ4v) is 1.22. The summed E-state index contributed by atoms with van der Waals surface area (Å²) >= 11 is 0. The predicted molar refractivity (Wildman–Crippen MR) is 63.2 cm³/mol. The number of rotatable bonds is 7. The van der Waals surface area contributed by atoms with E-state index in [1.54, 1.807) is 18.2 Å². The second kappa shape index (κ2) is 7.51. The van der Waals surface area contributed by atoms with Crippen LogP contribution in [0.15, 0.2) is 24.3 Å². The molecule has 1 rings (SSSR count). The number of hydrogen-bond acceptors (Lipinski definition) is 4. The van der Waals surface area contributed by atoms with Crippen molar-refractivity contribution >= 4 is 5.91 Å². The Labute approximate surface area is 100 Å². The monoisotopic (exact) mass is 239 g/mol. The lowest BCUT2D eigenvalue weighted by Crippen LogP contribution is -2.31. The van der Waals surface area contributed by atoms with E-state index < -0.39 is 0 Å². The molecule has 0 aliphatic carbocycles. The first-order valence-electron chi connectivity index (χ1n) is 5.49. The minimum absolute atomic E-state index is 0.0738. The summed E-state index contributed by atoms with van der Waals surface area (Å²) in [7, 11) is 0. The average Bonchev–Trinajstić information content (AvgIpc) is 2.35. The molecule has 0 aliphatic rings. The first-order chi connectivity index (χ1) is 8.26. The third-order valence-corrected chi connectivity index (χ3v) is 1.92. The zero-order valence-electron chi connectivity index (χ0n) is 9.81. The second-order valence-electron chi connectivity index (χ2n) is 3.27. The van der Waals surface area contributed by atoms with Crippen LogP contribution in [0.25, 0.3) is 0 Å². The fourth-order valence-electron chi connectivity index (χ4n) is 1.22. The summed E-state index contributed by atoms with van der Waals surface area (Å²) in [6, 6.07) is 7.10. The lowest BCUT2D eigenvalue weighted by Gasteiger charge is -2.08. The molecule has 0 saturated heterocycles. The Morgan fingerprint density at radius 1 is 1.35 bits per heavy atom. The van der Waals surface area contributed by atoms with E-state index in [9.17, 15) is 4.79 Å². The normalized spacial score (nSPS) is 9.76. The summed E-state index contributed by atoms with van der Waals surface area (Å²) in [6.07, 6.45) is 0. The number of ether oxygens (including phenoxy) is 2. The summed E-state index contributed by atoms with van der Waals surface area (Å²) in [5.74, 6) is 1.02. The Hall–Kier alpha value is -1.75. The van der Waals surface area contributed by atoms with Gasteiger partial charge in [-0.05, 0) is 19.1 Å². The molecule has 5 nitrogen and oxygen atoms in total. The fraction of sp³-hybridized carbons (Fsp3) is 0.417. The first-order valence-corrected chi connectivity index (χ1v) is 5.49. The number of carbonyl (C=O) groups excluding carboxylic acids is 1. The Morgan fingerprint density at radius 2 is 2.06 bits per heavy atom. The number of aliphatic hydroxyl groups excluding tert-OH is 1. The van der Waals surface area contributed by atoms with Crippen molar-refractivity contribution in [1.29, 1.82) is 0 Å². The molecule has 94 valence electrons. The van der Waals surface area contributed by atoms with Gasteiger partial charge in [-0.15, -0.1) is 0 Å². The van der Waals surface area contributed by atoms with Crippen molar-refractivity contribution < 1.29 is 19.4 Å². The largest absolute Gasteiger partial charge is 0.494 e. The maximum absolute atomic E-state index is 11.2. The van der Waals surface area contributed by atoms with Crippen LogP contribution in [-0.4, -0.2) is 37.4 Å². The van der Waals surface area contributed by atoms with Gasteiger partial charge >= 0.3 is 0 Å². The van der Waals surface area contributed by atoms with Crippen LogP contribution in [-0.2, 0) is 4.79 Å². The van der Waals surface area contributed by atoms with Gasteiger partial charge < -0.3 is 19.9 Å². The van der Waals surface area contributed by atoms with Gasteiger partial charge in [0.25, 0.3) is 5.91 Å². The molecule has 0 aromatic heterocycles. The summed E-state index contributed by atoms with van der Waals surface area (Å²) in [6.45, 7) is 2.57. The van der Waals surface area contributed by atoms with Crippen molar-refractivity contribution in [2.75, 3.05) is 26.4 Å². The number of carbonyl (C=O) groups is 1. The minimum Gasteiger partial charge on any atom is -0.494 e. The molecule has 0 fully saturated rings. The Kier molecular flexibility index (Phi) is 5.88. The van der Waals surface area contributed by atoms with E-state index in [0.717, 1.165) is 0 Å². The molecule has 5 heteroatoms. The van der Waals surface area contributed by atoms with Crippen LogP contribution < -0.4 is 14.8 Å². The average molecular weight is 239 g/mol. The quantitative estimate of drug-likeness (QED) is 0.730. The first kappa shape index (κ1) is 13.3. The molecular weight excluding hydrogens is 222 g/mol. The van der Waals surface area contributed by atoms with Gasteiger partial charge in [-0.1, -0.05) is 6.07 Å². The Morgan fingerprint density at radius 3 is 2.71 bits per heavy atom. The second-order valence-corrected chi connectivity index (χ2v) is 3.27. The van der Waals surface area contributed by atoms with Crippen LogP contribution >= 0.6 is 0 Å². The van der Waals surface area contributed by atoms with E-state index in [2.05, 4.69) is 5.32 Å². The van der Waals surface area contributed by atoms with Gasteiger partial charge in [0.15, 0.2) is 6.61 Å². The number of nitrogens with one attached hydrogen (secondary N) is 1. The highest BCUT2D eigenvalue weighted by Gasteiger charge is 2.02. The van der Waals surface area contributed by atoms with E-state index in [1.807, 2.05) is 13.0 Å². The molecule has 0 atom stereocenters. The van der Waals surface area contributed by atoms with Gasteiger partial charge in [-0.3, -0.25) is 4.79 Å². The van der Waals surface area contributed by atoms with Crippen LogP contribution in [0.1, 0.15) is 6.92 Å². The lowest BCUT2D eigenvalue weighted by atomic mass is 10.3. The van der Waals surface area contributed by atoms with E-state index in [-0.39, 0.29) is 25.7 Å². The highest BCUT2D eigenvalue weighted by Crippen LogP contribution is 2.19. The topological polar surface area (TPSA) is 67.8 Å². The zero-order chi connectivity index (χ0) is 12.5. The van der Waals surface area contributed by atoms with Crippen LogP contribution in [0.3, 0.4) is 0 Å². The highest BCUT2D eigenvalue weighted by atomic mass is 16.5. The third-order valence-electron chi connectivity index (χ3n) is 1.92. The summed E-state index contributed by atoms with van der Waals surface area (Å²) in [4.78, 5) is 11.2. The highest BCUT2D eigenvalue weighted by molar-refractivity contribution is 5.77. The maximum Gasteiger partial charge on any atom is 0.258 e. The molecule has 2 N–H and O–H groups in total. The molecule has 0 spiro atoms. The summed E-state index contributed by atoms with van der Waals surface area (Å²) in [5.41, 5.74) is 0. The van der Waals surface area contributed by atoms with E-state index >= 15 is 0 Å². The standard InChI is InChI=1S/C12H17NO4/c1-2-16-10-4-3-5-11(8-10)17-9-12(15)13-6-7-14/h3-5,8,14H,2,6-7,9H2,1H3,(H,13,15). The van der Waals surface area contributed by atoms with Gasteiger partial charge in [-0.25, -0.2) is 0 Å². The molecule has 0 heterocycles. The van der Waals surface area contributed by atoms with Crippen molar-refractivity contribution in [3.8, 4) is 11.5 Å². The van der Waals surface area contributed by atoms with Gasteiger partial charge in [0.1, 0.15) is 11.5 Å². The molecule has 0 aliphatic heterocycles. The molecule has 0 saturated carbocycles. The zero-order valence-corrected chi connectivity index (χ0v) is 9.81. The van der Waals surface area contributed by atoms with Crippen molar-refractivity contribution in [2.24, 2.45) is 0 Å². The minimum atomic E-state index is -0.263. The smallest absolute Gasteiger partial charge is 0.258 e. The Balaban J connectivity index is 2.40. The van der Waals surface area contributed by atoms with Gasteiger partial charge in [-0.2, -0.15) is 0 Å². The van der Waals surface area contributed by atoms with Crippen molar-refractivity contribution in [3.05, 3.63) is 24.3 Å². The van der Waals surface area contributed by atoms with Crippen LogP contribution in [0, 0.1) is 0 Å². The van der Waals surface area contributed by atoms with E-state index in [4.69, 9.17) is 14.6 Å². The molecule has 0 radical (unpaired) electrons. The molecule has 0 bridgehead atoms. The number of aliphatic hydroxyl groups is 1. The molecular formula is C12H17NO4. The molecule has 1 aromatic rings. The SMILES string of the molecule is CCOc1cccc(OCC(=O)NCCO)c1. The van der Waals surface area contributed by atoms with E-state index in [1.165, 1.54) is 0 Å². The lowest BCUT2D eigenvalue weighted by molar-refractivity contribution is -0.123. The molecule has 0 unspecified atom stereocenters. The van der Waals surface area contributed by atoms with Gasteiger partial charge in [0.05, 0.1) is 13.2 Å². The van der Waals surface area contributed by atoms with Gasteiger partial charge in [0.2, 0.25) is 0 Å². The van der Waals surface area contributed by atoms with Crippen molar-refractivity contribution in [1.82, 2.24) is 5.32 Å². The van der Waals surface area contributed by atoms with Crippen LogP contribution in [0.4, 0.5) is 0 Å². The number of hydrogen-bond donors (Lipinski definition) is 2. The van der Waals surface area contributed by atoms with Crippen LogP contribution in [0.5, 0.6) is 11.5 Å². The van der Waals surface area contributed by atoms with Crippen molar-refractivity contribution in [2.45, 2.75) is 6.92 Å². The summed E-state index contributed by atoms with van der Waals surface area (Å²) in [5, 5.41) is 11.0. The van der Waals surface area contributed by atoms with E-state index in [0.29, 0.717) is 18.1 Å². The number of benzene rings is 1. The van der Waals surface area contributed by atoms with Gasteiger partial charge in [0, 0.05) is 12.6 Å². The molecule has 1 aromatic carbocycles. The third kappa shape index (κ3) is 5.21.